The number of nitrogens with zero attached hydrogens (tertiary/aromatic N) is 3. The van der Waals surface area contributed by atoms with Gasteiger partial charge < -0.3 is 19.4 Å². The van der Waals surface area contributed by atoms with Crippen LogP contribution in [0.25, 0.3) is 0 Å². The minimum Gasteiger partial charge on any atom is -0.481 e. The Morgan fingerprint density at radius 3 is 3.10 bits per heavy atom. The maximum absolute atomic E-state index is 5.78. The Balaban J connectivity index is 1.75. The molecule has 0 aromatic carbocycles. The van der Waals surface area contributed by atoms with Crippen LogP contribution < -0.4 is 10.1 Å². The van der Waals surface area contributed by atoms with Gasteiger partial charge in [0.2, 0.25) is 5.88 Å². The predicted octanol–water partition coefficient (Wildman–Crippen LogP) is 0.996. The average molecular weight is 274 g/mol. The zero-order valence-electron chi connectivity index (χ0n) is 11.5. The van der Waals surface area contributed by atoms with E-state index in [1.165, 1.54) is 0 Å². The van der Waals surface area contributed by atoms with Gasteiger partial charge in [-0.2, -0.15) is 0 Å². The second-order valence-electron chi connectivity index (χ2n) is 4.72. The number of nitrogens with one attached hydrogen (secondary N) is 1. The van der Waals surface area contributed by atoms with Crippen molar-refractivity contribution in [2.45, 2.75) is 12.6 Å². The molecule has 0 spiro atoms. The zero-order chi connectivity index (χ0) is 13.8. The summed E-state index contributed by atoms with van der Waals surface area (Å²) in [6, 6.07) is 3.88. The topological polar surface area (TPSA) is 61.2 Å². The third-order valence-electron chi connectivity index (χ3n) is 3.36. The third kappa shape index (κ3) is 2.81. The normalized spacial score (nSPS) is 18.9. The average Bonchev–Trinajstić information content (AvgIpc) is 2.97. The summed E-state index contributed by atoms with van der Waals surface area (Å²) in [6.07, 6.45) is 5.59. The smallest absolute Gasteiger partial charge is 0.212 e. The molecule has 0 radical (unpaired) electrons. The lowest BCUT2D eigenvalue weighted by atomic mass is 10.2. The molecule has 1 N–H and O–H groups in total. The van der Waals surface area contributed by atoms with Crippen molar-refractivity contribution < 1.29 is 9.47 Å². The summed E-state index contributed by atoms with van der Waals surface area (Å²) in [5.74, 6) is 0.624. The number of hydrogen-bond acceptors (Lipinski definition) is 5. The van der Waals surface area contributed by atoms with Crippen LogP contribution in [0.15, 0.2) is 30.9 Å². The monoisotopic (exact) mass is 274 g/mol. The van der Waals surface area contributed by atoms with Crippen LogP contribution in [0.3, 0.4) is 0 Å². The Labute approximate surface area is 117 Å². The highest BCUT2D eigenvalue weighted by Crippen LogP contribution is 2.19. The van der Waals surface area contributed by atoms with Crippen LogP contribution in [0, 0.1) is 0 Å². The summed E-state index contributed by atoms with van der Waals surface area (Å²) >= 11 is 0. The largest absolute Gasteiger partial charge is 0.481 e. The van der Waals surface area contributed by atoms with Gasteiger partial charge in [0.25, 0.3) is 0 Å². The van der Waals surface area contributed by atoms with Crippen molar-refractivity contribution in [1.29, 1.82) is 0 Å². The lowest BCUT2D eigenvalue weighted by Gasteiger charge is -2.24. The fraction of sp³-hybridized carbons (Fsp3) is 0.429. The molecular formula is C14H18N4O2. The first-order valence-corrected chi connectivity index (χ1v) is 6.68. The van der Waals surface area contributed by atoms with Crippen molar-refractivity contribution in [2.75, 3.05) is 26.8 Å². The number of morpholine rings is 1. The van der Waals surface area contributed by atoms with Gasteiger partial charge in [-0.1, -0.05) is 6.07 Å². The molecule has 6 heteroatoms. The number of pyridine rings is 1. The fourth-order valence-corrected chi connectivity index (χ4v) is 2.31. The van der Waals surface area contributed by atoms with E-state index in [-0.39, 0.29) is 6.10 Å². The first-order valence-electron chi connectivity index (χ1n) is 6.68. The van der Waals surface area contributed by atoms with Gasteiger partial charge in [0.05, 0.1) is 38.5 Å². The molecule has 6 nitrogen and oxygen atoms in total. The minimum absolute atomic E-state index is 0.0671. The van der Waals surface area contributed by atoms with Gasteiger partial charge in [0.1, 0.15) is 6.10 Å². The number of imidazole rings is 1. The SMILES string of the molecule is COc1ccc(Cn2cncc2C2CNCCO2)cn1. The Kier molecular flexibility index (Phi) is 3.94. The molecule has 1 fully saturated rings. The minimum atomic E-state index is 0.0671. The molecule has 2 aromatic heterocycles. The molecule has 1 aliphatic heterocycles. The maximum atomic E-state index is 5.78. The van der Waals surface area contributed by atoms with E-state index in [2.05, 4.69) is 19.9 Å². The van der Waals surface area contributed by atoms with Crippen LogP contribution in [-0.2, 0) is 11.3 Å². The number of methoxy groups -OCH3 is 1. The van der Waals surface area contributed by atoms with Crippen LogP contribution in [0.1, 0.15) is 17.4 Å². The highest BCUT2D eigenvalue weighted by molar-refractivity contribution is 5.19. The first-order chi connectivity index (χ1) is 9.86. The fourth-order valence-electron chi connectivity index (χ4n) is 2.31. The van der Waals surface area contributed by atoms with Crippen LogP contribution in [0.4, 0.5) is 0 Å². The first kappa shape index (κ1) is 13.1. The summed E-state index contributed by atoms with van der Waals surface area (Å²) < 4.78 is 12.9. The summed E-state index contributed by atoms with van der Waals surface area (Å²) in [5, 5.41) is 3.33. The molecule has 2 aromatic rings. The second-order valence-corrected chi connectivity index (χ2v) is 4.72. The Hall–Kier alpha value is -1.92. The molecule has 0 bridgehead atoms. The summed E-state index contributed by atoms with van der Waals surface area (Å²) in [7, 11) is 1.61. The predicted molar refractivity (Wildman–Crippen MR) is 73.7 cm³/mol. The number of ether oxygens (including phenoxy) is 2. The quantitative estimate of drug-likeness (QED) is 0.901. The number of rotatable bonds is 4. The van der Waals surface area contributed by atoms with Crippen LogP contribution in [0.2, 0.25) is 0 Å². The van der Waals surface area contributed by atoms with Crippen LogP contribution in [0.5, 0.6) is 5.88 Å². The van der Waals surface area contributed by atoms with Crippen molar-refractivity contribution in [3.8, 4) is 5.88 Å². The van der Waals surface area contributed by atoms with Gasteiger partial charge in [-0.05, 0) is 5.56 Å². The molecule has 0 saturated carbocycles. The highest BCUT2D eigenvalue weighted by atomic mass is 16.5. The molecule has 1 unspecified atom stereocenters. The third-order valence-corrected chi connectivity index (χ3v) is 3.36. The standard InChI is InChI=1S/C14H18N4O2/c1-19-14-3-2-11(6-17-14)9-18-10-16-7-12(18)13-8-15-4-5-20-13/h2-3,6-7,10,13,15H,4-5,8-9H2,1H3. The van der Waals surface area contributed by atoms with E-state index in [4.69, 9.17) is 9.47 Å². The van der Waals surface area contributed by atoms with Gasteiger partial charge in [0.15, 0.2) is 0 Å². The van der Waals surface area contributed by atoms with Crippen LogP contribution in [-0.4, -0.2) is 41.3 Å². The number of aromatic nitrogens is 3. The molecule has 0 amide bonds. The molecule has 0 aliphatic carbocycles. The lowest BCUT2D eigenvalue weighted by Crippen LogP contribution is -2.34. The molecule has 1 aliphatic rings. The Bertz CT molecular complexity index is 547. The molecule has 20 heavy (non-hydrogen) atoms. The van der Waals surface area contributed by atoms with Crippen molar-refractivity contribution in [2.24, 2.45) is 0 Å². The summed E-state index contributed by atoms with van der Waals surface area (Å²) in [4.78, 5) is 8.46. The van der Waals surface area contributed by atoms with Gasteiger partial charge in [-0.3, -0.25) is 0 Å². The molecule has 1 saturated heterocycles. The Morgan fingerprint density at radius 2 is 2.40 bits per heavy atom. The molecular weight excluding hydrogens is 256 g/mol. The van der Waals surface area contributed by atoms with E-state index in [9.17, 15) is 0 Å². The maximum Gasteiger partial charge on any atom is 0.212 e. The second kappa shape index (κ2) is 6.02. The van der Waals surface area contributed by atoms with Crippen molar-refractivity contribution in [3.05, 3.63) is 42.1 Å². The zero-order valence-corrected chi connectivity index (χ0v) is 11.5. The van der Waals surface area contributed by atoms with Crippen molar-refractivity contribution >= 4 is 0 Å². The van der Waals surface area contributed by atoms with E-state index in [1.54, 1.807) is 7.11 Å². The van der Waals surface area contributed by atoms with Gasteiger partial charge in [0, 0.05) is 25.4 Å². The molecule has 1 atom stereocenters. The molecule has 3 rings (SSSR count). The van der Waals surface area contributed by atoms with Gasteiger partial charge in [-0.15, -0.1) is 0 Å². The summed E-state index contributed by atoms with van der Waals surface area (Å²) in [6.45, 7) is 3.20. The highest BCUT2D eigenvalue weighted by Gasteiger charge is 2.19. The van der Waals surface area contributed by atoms with E-state index in [0.717, 1.165) is 37.5 Å². The van der Waals surface area contributed by atoms with Crippen molar-refractivity contribution in [1.82, 2.24) is 19.9 Å². The lowest BCUT2D eigenvalue weighted by molar-refractivity contribution is 0.0230. The molecule has 3 heterocycles. The number of hydrogen-bond donors (Lipinski definition) is 1. The van der Waals surface area contributed by atoms with Gasteiger partial charge >= 0.3 is 0 Å². The van der Waals surface area contributed by atoms with E-state index < -0.39 is 0 Å². The molecule has 106 valence electrons. The Morgan fingerprint density at radius 1 is 1.45 bits per heavy atom. The van der Waals surface area contributed by atoms with Gasteiger partial charge in [-0.25, -0.2) is 9.97 Å². The van der Waals surface area contributed by atoms with Crippen LogP contribution >= 0.6 is 0 Å². The van der Waals surface area contributed by atoms with E-state index in [1.807, 2.05) is 30.9 Å². The summed E-state index contributed by atoms with van der Waals surface area (Å²) in [5.41, 5.74) is 2.20. The van der Waals surface area contributed by atoms with Crippen molar-refractivity contribution in [3.63, 3.8) is 0 Å². The van der Waals surface area contributed by atoms with E-state index in [0.29, 0.717) is 5.88 Å². The van der Waals surface area contributed by atoms with E-state index >= 15 is 0 Å².